The van der Waals surface area contributed by atoms with Gasteiger partial charge in [-0.3, -0.25) is 9.48 Å². The lowest BCUT2D eigenvalue weighted by atomic mass is 10.2. The van der Waals surface area contributed by atoms with Crippen LogP contribution in [0.4, 0.5) is 5.69 Å². The van der Waals surface area contributed by atoms with Crippen molar-refractivity contribution in [2.45, 2.75) is 6.92 Å². The fraction of sp³-hybridized carbons (Fsp3) is 0.167. The van der Waals surface area contributed by atoms with Crippen molar-refractivity contribution in [2.24, 2.45) is 7.05 Å². The molecule has 18 heavy (non-hydrogen) atoms. The van der Waals surface area contributed by atoms with Crippen molar-refractivity contribution in [1.29, 1.82) is 0 Å². The molecule has 94 valence electrons. The van der Waals surface area contributed by atoms with E-state index in [1.54, 1.807) is 31.4 Å². The zero-order valence-electron chi connectivity index (χ0n) is 9.87. The minimum absolute atomic E-state index is 0.193. The lowest BCUT2D eigenvalue weighted by Gasteiger charge is -2.08. The Hall–Kier alpha value is -1.52. The molecular weight excluding hydrogens is 273 g/mol. The molecule has 6 heteroatoms. The number of rotatable bonds is 2. The van der Waals surface area contributed by atoms with Gasteiger partial charge in [-0.1, -0.05) is 29.3 Å². The Morgan fingerprint density at radius 2 is 2.06 bits per heavy atom. The Morgan fingerprint density at radius 3 is 2.67 bits per heavy atom. The van der Waals surface area contributed by atoms with Gasteiger partial charge in [-0.25, -0.2) is 0 Å². The smallest absolute Gasteiger partial charge is 0.277 e. The van der Waals surface area contributed by atoms with Crippen molar-refractivity contribution in [3.63, 3.8) is 0 Å². The van der Waals surface area contributed by atoms with Crippen molar-refractivity contribution in [2.75, 3.05) is 5.32 Å². The highest BCUT2D eigenvalue weighted by molar-refractivity contribution is 6.34. The molecule has 0 saturated carbocycles. The van der Waals surface area contributed by atoms with Gasteiger partial charge in [0.25, 0.3) is 5.91 Å². The number of benzene rings is 1. The van der Waals surface area contributed by atoms with Gasteiger partial charge in [0.15, 0.2) is 5.69 Å². The highest BCUT2D eigenvalue weighted by Gasteiger charge is 2.15. The summed E-state index contributed by atoms with van der Waals surface area (Å²) < 4.78 is 1.49. The van der Waals surface area contributed by atoms with Gasteiger partial charge in [-0.15, -0.1) is 0 Å². The van der Waals surface area contributed by atoms with Crippen LogP contribution >= 0.6 is 23.2 Å². The van der Waals surface area contributed by atoms with Crippen molar-refractivity contribution < 1.29 is 4.79 Å². The monoisotopic (exact) mass is 283 g/mol. The second-order valence-electron chi connectivity index (χ2n) is 3.87. The Kier molecular flexibility index (Phi) is 3.59. The van der Waals surface area contributed by atoms with Crippen LogP contribution in [0, 0.1) is 6.92 Å². The average molecular weight is 284 g/mol. The van der Waals surface area contributed by atoms with Gasteiger partial charge >= 0.3 is 0 Å². The third-order valence-corrected chi connectivity index (χ3v) is 3.20. The van der Waals surface area contributed by atoms with Crippen molar-refractivity contribution in [3.05, 3.63) is 45.7 Å². The maximum absolute atomic E-state index is 12.0. The quantitative estimate of drug-likeness (QED) is 0.919. The minimum Gasteiger partial charge on any atom is -0.320 e. The normalized spacial score (nSPS) is 10.4. The topological polar surface area (TPSA) is 46.9 Å². The Balaban J connectivity index is 2.27. The van der Waals surface area contributed by atoms with E-state index in [2.05, 4.69) is 10.4 Å². The van der Waals surface area contributed by atoms with Gasteiger partial charge in [-0.2, -0.15) is 5.10 Å². The zero-order valence-corrected chi connectivity index (χ0v) is 11.4. The fourth-order valence-corrected chi connectivity index (χ4v) is 1.98. The molecular formula is C12H11Cl2N3O. The number of anilines is 1. The summed E-state index contributed by atoms with van der Waals surface area (Å²) in [6, 6.07) is 5.31. The number of hydrogen-bond donors (Lipinski definition) is 1. The first-order valence-corrected chi connectivity index (χ1v) is 6.00. The molecule has 0 aliphatic heterocycles. The van der Waals surface area contributed by atoms with Crippen LogP contribution in [0.3, 0.4) is 0 Å². The number of nitrogens with zero attached hydrogens (tertiary/aromatic N) is 2. The van der Waals surface area contributed by atoms with E-state index >= 15 is 0 Å². The molecule has 1 heterocycles. The summed E-state index contributed by atoms with van der Waals surface area (Å²) in [4.78, 5) is 12.0. The van der Waals surface area contributed by atoms with E-state index in [1.807, 2.05) is 6.92 Å². The van der Waals surface area contributed by atoms with Gasteiger partial charge in [0.2, 0.25) is 0 Å². The largest absolute Gasteiger partial charge is 0.320 e. The van der Waals surface area contributed by atoms with Crippen LogP contribution in [-0.4, -0.2) is 15.7 Å². The molecule has 0 unspecified atom stereocenters. The molecule has 0 aliphatic rings. The molecule has 1 aromatic heterocycles. The van der Waals surface area contributed by atoms with E-state index in [-0.39, 0.29) is 11.6 Å². The molecule has 2 rings (SSSR count). The predicted molar refractivity (Wildman–Crippen MR) is 72.4 cm³/mol. The molecule has 1 aromatic carbocycles. The first kappa shape index (κ1) is 12.9. The highest BCUT2D eigenvalue weighted by atomic mass is 35.5. The third-order valence-electron chi connectivity index (χ3n) is 2.52. The summed E-state index contributed by atoms with van der Waals surface area (Å²) >= 11 is 11.9. The molecule has 1 N–H and O–H groups in total. The lowest BCUT2D eigenvalue weighted by molar-refractivity contribution is 0.102. The Morgan fingerprint density at radius 1 is 1.33 bits per heavy atom. The number of carbonyl (C=O) groups is 1. The van der Waals surface area contributed by atoms with Gasteiger partial charge in [0.05, 0.1) is 5.02 Å². The van der Waals surface area contributed by atoms with Crippen LogP contribution in [-0.2, 0) is 7.05 Å². The molecule has 2 aromatic rings. The summed E-state index contributed by atoms with van der Waals surface area (Å²) in [7, 11) is 1.70. The van der Waals surface area contributed by atoms with Gasteiger partial charge in [-0.05, 0) is 24.6 Å². The fourth-order valence-electron chi connectivity index (χ4n) is 1.54. The average Bonchev–Trinajstić information content (AvgIpc) is 2.64. The molecule has 0 atom stereocenters. The standard InChI is InChI=1S/C12H11Cl2N3O/c1-7-8(13)4-3-5-10(7)15-12(18)11-9(14)6-17(2)16-11/h3-6H,1-2H3,(H,15,18). The zero-order chi connectivity index (χ0) is 13.3. The van der Waals surface area contributed by atoms with E-state index in [1.165, 1.54) is 4.68 Å². The summed E-state index contributed by atoms with van der Waals surface area (Å²) in [5.74, 6) is -0.356. The van der Waals surface area contributed by atoms with Crippen LogP contribution in [0.25, 0.3) is 0 Å². The Bertz CT molecular complexity index is 607. The van der Waals surface area contributed by atoms with Crippen molar-refractivity contribution >= 4 is 34.8 Å². The second-order valence-corrected chi connectivity index (χ2v) is 4.68. The second kappa shape index (κ2) is 5.00. The van der Waals surface area contributed by atoms with Crippen LogP contribution in [0.15, 0.2) is 24.4 Å². The summed E-state index contributed by atoms with van der Waals surface area (Å²) in [5, 5.41) is 7.65. The van der Waals surface area contributed by atoms with E-state index in [0.29, 0.717) is 15.7 Å². The maximum Gasteiger partial charge on any atom is 0.277 e. The first-order valence-electron chi connectivity index (χ1n) is 5.24. The van der Waals surface area contributed by atoms with Crippen LogP contribution in [0.5, 0.6) is 0 Å². The number of aryl methyl sites for hydroxylation is 1. The van der Waals surface area contributed by atoms with Crippen molar-refractivity contribution in [3.8, 4) is 0 Å². The molecule has 1 amide bonds. The molecule has 0 aliphatic carbocycles. The number of aromatic nitrogens is 2. The summed E-state index contributed by atoms with van der Waals surface area (Å²) in [6.07, 6.45) is 1.57. The number of amides is 1. The molecule has 0 saturated heterocycles. The van der Waals surface area contributed by atoms with E-state index in [0.717, 1.165) is 5.56 Å². The molecule has 4 nitrogen and oxygen atoms in total. The van der Waals surface area contributed by atoms with Crippen molar-refractivity contribution in [1.82, 2.24) is 9.78 Å². The van der Waals surface area contributed by atoms with Gasteiger partial charge in [0.1, 0.15) is 0 Å². The third kappa shape index (κ3) is 2.49. The molecule has 0 fully saturated rings. The summed E-state index contributed by atoms with van der Waals surface area (Å²) in [6.45, 7) is 1.83. The van der Waals surface area contributed by atoms with Crippen LogP contribution < -0.4 is 5.32 Å². The van der Waals surface area contributed by atoms with Gasteiger partial charge < -0.3 is 5.32 Å². The van der Waals surface area contributed by atoms with Crippen LogP contribution in [0.2, 0.25) is 10.0 Å². The van der Waals surface area contributed by atoms with E-state index in [4.69, 9.17) is 23.2 Å². The first-order chi connectivity index (χ1) is 8.49. The van der Waals surface area contributed by atoms with Crippen LogP contribution in [0.1, 0.15) is 16.1 Å². The Labute approximate surface area is 115 Å². The molecule has 0 spiro atoms. The number of hydrogen-bond acceptors (Lipinski definition) is 2. The number of halogens is 2. The van der Waals surface area contributed by atoms with E-state index in [9.17, 15) is 4.79 Å². The molecule has 0 radical (unpaired) electrons. The lowest BCUT2D eigenvalue weighted by Crippen LogP contribution is -2.14. The highest BCUT2D eigenvalue weighted by Crippen LogP contribution is 2.24. The number of nitrogens with one attached hydrogen (secondary N) is 1. The van der Waals surface area contributed by atoms with Gasteiger partial charge in [0, 0.05) is 24.0 Å². The minimum atomic E-state index is -0.356. The predicted octanol–water partition coefficient (Wildman–Crippen LogP) is 3.29. The SMILES string of the molecule is Cc1c(Cl)cccc1NC(=O)c1nn(C)cc1Cl. The summed E-state index contributed by atoms with van der Waals surface area (Å²) in [5.41, 5.74) is 1.65. The maximum atomic E-state index is 12.0. The van der Waals surface area contributed by atoms with E-state index < -0.39 is 0 Å². The number of carbonyl (C=O) groups excluding carboxylic acids is 1. The molecule has 0 bridgehead atoms.